The topological polar surface area (TPSA) is 41.8 Å². The number of H-pyrrole nitrogens is 1. The first kappa shape index (κ1) is 12.8. The fourth-order valence-corrected chi connectivity index (χ4v) is 3.59. The summed E-state index contributed by atoms with van der Waals surface area (Å²) in [6, 6.07) is 16.7. The van der Waals surface area contributed by atoms with Crippen LogP contribution in [0.25, 0.3) is 10.9 Å². The van der Waals surface area contributed by atoms with Gasteiger partial charge in [-0.15, -0.1) is 0 Å². The van der Waals surface area contributed by atoms with Crippen LogP contribution in [0.5, 0.6) is 0 Å². The largest absolute Gasteiger partial charge is 0.349 e. The number of benzene rings is 2. The molecule has 1 aromatic heterocycles. The summed E-state index contributed by atoms with van der Waals surface area (Å²) in [5.41, 5.74) is 7.96. The van der Waals surface area contributed by atoms with Crippen LogP contribution in [0.1, 0.15) is 5.56 Å². The van der Waals surface area contributed by atoms with Crippen LogP contribution >= 0.6 is 27.7 Å². The fourth-order valence-electron chi connectivity index (χ4n) is 1.99. The second-order valence-electron chi connectivity index (χ2n) is 4.28. The summed E-state index contributed by atoms with van der Waals surface area (Å²) in [6.07, 6.45) is 0. The Balaban J connectivity index is 1.90. The minimum Gasteiger partial charge on any atom is -0.349 e. The van der Waals surface area contributed by atoms with Crippen molar-refractivity contribution in [3.8, 4) is 0 Å². The molecule has 2 nitrogen and oxygen atoms in total. The van der Waals surface area contributed by atoms with Gasteiger partial charge in [0.1, 0.15) is 0 Å². The van der Waals surface area contributed by atoms with Crippen molar-refractivity contribution in [2.75, 3.05) is 0 Å². The Morgan fingerprint density at radius 1 is 1.11 bits per heavy atom. The highest BCUT2D eigenvalue weighted by atomic mass is 79.9. The molecule has 0 bridgehead atoms. The molecule has 0 aliphatic rings. The second-order valence-corrected chi connectivity index (χ2v) is 6.25. The Labute approximate surface area is 124 Å². The van der Waals surface area contributed by atoms with E-state index < -0.39 is 0 Å². The van der Waals surface area contributed by atoms with Crippen LogP contribution in [0.4, 0.5) is 0 Å². The van der Waals surface area contributed by atoms with Gasteiger partial charge in [0.15, 0.2) is 0 Å². The maximum Gasteiger partial charge on any atom is 0.0780 e. The number of aromatic nitrogens is 1. The molecule has 0 radical (unpaired) electrons. The molecular formula is C15H13BrN2S. The Kier molecular flexibility index (Phi) is 3.64. The SMILES string of the molecule is NCc1ccc(Sc2cc3ccccc3[nH]2)cc1Br. The fraction of sp³-hybridized carbons (Fsp3) is 0.0667. The lowest BCUT2D eigenvalue weighted by Gasteiger charge is -2.04. The van der Waals surface area contributed by atoms with E-state index in [9.17, 15) is 0 Å². The van der Waals surface area contributed by atoms with Gasteiger partial charge >= 0.3 is 0 Å². The van der Waals surface area contributed by atoms with Crippen LogP contribution in [0.2, 0.25) is 0 Å². The lowest BCUT2D eigenvalue weighted by molar-refractivity contribution is 1.05. The Bertz CT molecular complexity index is 688. The van der Waals surface area contributed by atoms with Gasteiger partial charge in [0.05, 0.1) is 5.03 Å². The Hall–Kier alpha value is -1.23. The number of nitrogens with one attached hydrogen (secondary N) is 1. The van der Waals surface area contributed by atoms with Crippen LogP contribution in [0.15, 0.2) is 62.9 Å². The summed E-state index contributed by atoms with van der Waals surface area (Å²) in [5, 5.41) is 2.39. The molecule has 0 atom stereocenters. The molecule has 19 heavy (non-hydrogen) atoms. The third-order valence-electron chi connectivity index (χ3n) is 2.98. The summed E-state index contributed by atoms with van der Waals surface area (Å²) in [4.78, 5) is 4.61. The number of hydrogen-bond donors (Lipinski definition) is 2. The molecular weight excluding hydrogens is 320 g/mol. The number of para-hydroxylation sites is 1. The van der Waals surface area contributed by atoms with Crippen molar-refractivity contribution in [2.24, 2.45) is 5.73 Å². The number of halogens is 1. The van der Waals surface area contributed by atoms with Crippen LogP contribution in [0.3, 0.4) is 0 Å². The zero-order valence-corrected chi connectivity index (χ0v) is 12.6. The van der Waals surface area contributed by atoms with E-state index in [1.165, 1.54) is 15.8 Å². The summed E-state index contributed by atoms with van der Waals surface area (Å²) < 4.78 is 1.07. The van der Waals surface area contributed by atoms with E-state index in [4.69, 9.17) is 5.73 Å². The Morgan fingerprint density at radius 3 is 2.68 bits per heavy atom. The van der Waals surface area contributed by atoms with Crippen LogP contribution in [-0.2, 0) is 6.54 Å². The maximum absolute atomic E-state index is 5.66. The summed E-state index contributed by atoms with van der Waals surface area (Å²) >= 11 is 5.27. The Morgan fingerprint density at radius 2 is 1.95 bits per heavy atom. The molecule has 3 rings (SSSR count). The zero-order valence-electron chi connectivity index (χ0n) is 10.2. The summed E-state index contributed by atoms with van der Waals surface area (Å²) in [6.45, 7) is 0.553. The summed E-state index contributed by atoms with van der Waals surface area (Å²) in [7, 11) is 0. The van der Waals surface area contributed by atoms with E-state index in [1.54, 1.807) is 11.8 Å². The molecule has 2 aromatic carbocycles. The molecule has 0 saturated carbocycles. The number of nitrogens with two attached hydrogens (primary N) is 1. The monoisotopic (exact) mass is 332 g/mol. The van der Waals surface area contributed by atoms with Crippen molar-refractivity contribution >= 4 is 38.6 Å². The average molecular weight is 333 g/mol. The maximum atomic E-state index is 5.66. The normalized spacial score (nSPS) is 11.1. The lowest BCUT2D eigenvalue weighted by atomic mass is 10.2. The number of fused-ring (bicyclic) bond motifs is 1. The molecule has 3 aromatic rings. The first-order valence-corrected chi connectivity index (χ1v) is 7.61. The van der Waals surface area contributed by atoms with Crippen molar-refractivity contribution < 1.29 is 0 Å². The van der Waals surface area contributed by atoms with Gasteiger partial charge < -0.3 is 10.7 Å². The molecule has 0 fully saturated rings. The molecule has 0 saturated heterocycles. The summed E-state index contributed by atoms with van der Waals surface area (Å²) in [5.74, 6) is 0. The second kappa shape index (κ2) is 5.41. The number of rotatable bonds is 3. The van der Waals surface area contributed by atoms with Crippen LogP contribution in [-0.4, -0.2) is 4.98 Å². The van der Waals surface area contributed by atoms with Gasteiger partial charge in [0, 0.05) is 26.8 Å². The average Bonchev–Trinajstić information content (AvgIpc) is 2.81. The van der Waals surface area contributed by atoms with Crippen molar-refractivity contribution in [3.63, 3.8) is 0 Å². The molecule has 1 heterocycles. The standard InChI is InChI=1S/C15H13BrN2S/c16-13-8-12(6-5-11(13)9-17)19-15-7-10-3-1-2-4-14(10)18-15/h1-8,18H,9,17H2. The van der Waals surface area contributed by atoms with Gasteiger partial charge in [-0.3, -0.25) is 0 Å². The molecule has 0 spiro atoms. The van der Waals surface area contributed by atoms with Crippen molar-refractivity contribution in [1.82, 2.24) is 4.98 Å². The minimum absolute atomic E-state index is 0.553. The molecule has 0 unspecified atom stereocenters. The zero-order chi connectivity index (χ0) is 13.2. The van der Waals surface area contributed by atoms with Gasteiger partial charge in [-0.05, 0) is 29.8 Å². The van der Waals surface area contributed by atoms with Gasteiger partial charge in [-0.25, -0.2) is 0 Å². The number of hydrogen-bond acceptors (Lipinski definition) is 2. The van der Waals surface area contributed by atoms with Crippen LogP contribution < -0.4 is 5.73 Å². The van der Waals surface area contributed by atoms with Gasteiger partial charge in [0.25, 0.3) is 0 Å². The molecule has 0 aliphatic heterocycles. The predicted octanol–water partition coefficient (Wildman–Crippen LogP) is 4.54. The van der Waals surface area contributed by atoms with Gasteiger partial charge in [-0.2, -0.15) is 0 Å². The molecule has 0 amide bonds. The highest BCUT2D eigenvalue weighted by Gasteiger charge is 2.04. The van der Waals surface area contributed by atoms with E-state index in [1.807, 2.05) is 6.07 Å². The first-order valence-electron chi connectivity index (χ1n) is 6.00. The first-order chi connectivity index (χ1) is 9.26. The quantitative estimate of drug-likeness (QED) is 0.739. The highest BCUT2D eigenvalue weighted by molar-refractivity contribution is 9.10. The van der Waals surface area contributed by atoms with E-state index in [0.29, 0.717) is 6.54 Å². The van der Waals surface area contributed by atoms with E-state index >= 15 is 0 Å². The lowest BCUT2D eigenvalue weighted by Crippen LogP contribution is -1.96. The van der Waals surface area contributed by atoms with Gasteiger partial charge in [-0.1, -0.05) is 52.0 Å². The predicted molar refractivity (Wildman–Crippen MR) is 84.5 cm³/mol. The molecule has 0 aliphatic carbocycles. The highest BCUT2D eigenvalue weighted by Crippen LogP contribution is 2.32. The van der Waals surface area contributed by atoms with Crippen molar-refractivity contribution in [2.45, 2.75) is 16.5 Å². The van der Waals surface area contributed by atoms with E-state index in [-0.39, 0.29) is 0 Å². The molecule has 96 valence electrons. The minimum atomic E-state index is 0.553. The van der Waals surface area contributed by atoms with Crippen molar-refractivity contribution in [1.29, 1.82) is 0 Å². The van der Waals surface area contributed by atoms with Gasteiger partial charge in [0.2, 0.25) is 0 Å². The molecule has 4 heteroatoms. The third-order valence-corrected chi connectivity index (χ3v) is 4.65. The third kappa shape index (κ3) is 2.71. The molecule has 3 N–H and O–H groups in total. The number of aromatic amines is 1. The van der Waals surface area contributed by atoms with Crippen LogP contribution in [0, 0.1) is 0 Å². The smallest absolute Gasteiger partial charge is 0.0780 e. The van der Waals surface area contributed by atoms with E-state index in [2.05, 4.69) is 63.4 Å². The van der Waals surface area contributed by atoms with Crippen molar-refractivity contribution in [3.05, 3.63) is 58.6 Å². The van der Waals surface area contributed by atoms with E-state index in [0.717, 1.165) is 15.1 Å².